The molecule has 252 valence electrons. The molecule has 1 fully saturated rings. The van der Waals surface area contributed by atoms with Gasteiger partial charge in [-0.2, -0.15) is 0 Å². The van der Waals surface area contributed by atoms with Crippen molar-refractivity contribution in [3.8, 4) is 0 Å². The first kappa shape index (κ1) is 37.6. The number of carbonyl (C=O) groups excluding carboxylic acids is 1. The molecule has 1 aliphatic heterocycles. The van der Waals surface area contributed by atoms with Crippen molar-refractivity contribution in [1.82, 2.24) is 4.98 Å². The van der Waals surface area contributed by atoms with Crippen LogP contribution in [0.3, 0.4) is 0 Å². The number of rotatable bonds is 13. The van der Waals surface area contributed by atoms with Gasteiger partial charge in [0.15, 0.2) is 14.1 Å². The maximum absolute atomic E-state index is 13.6. The molecule has 0 spiro atoms. The largest absolute Gasteiger partial charge is 0.463 e. The molecule has 45 heavy (non-hydrogen) atoms. The number of hydrogen-bond donors (Lipinski definition) is 1. The number of hydrogen-bond acceptors (Lipinski definition) is 8. The maximum atomic E-state index is 13.6. The van der Waals surface area contributed by atoms with Crippen LogP contribution in [0.15, 0.2) is 39.2 Å². The Hall–Kier alpha value is -1.88. The van der Waals surface area contributed by atoms with Crippen LogP contribution in [-0.4, -0.2) is 48.8 Å². The van der Waals surface area contributed by atoms with E-state index in [-0.39, 0.29) is 23.0 Å². The van der Waals surface area contributed by atoms with Gasteiger partial charge in [0, 0.05) is 17.7 Å². The van der Waals surface area contributed by atoms with Gasteiger partial charge in [-0.3, -0.25) is 4.79 Å². The van der Waals surface area contributed by atoms with Crippen LogP contribution in [0.2, 0.25) is 18.1 Å². The third-order valence-electron chi connectivity index (χ3n) is 9.45. The summed E-state index contributed by atoms with van der Waals surface area (Å²) in [5, 5.41) is 14.4. The van der Waals surface area contributed by atoms with Gasteiger partial charge in [-0.15, -0.1) is 11.3 Å². The van der Waals surface area contributed by atoms with E-state index in [1.54, 1.807) is 24.3 Å². The molecule has 0 saturated carbocycles. The lowest BCUT2D eigenvalue weighted by Gasteiger charge is -2.43. The number of aryl methyl sites for hydroxylation is 1. The van der Waals surface area contributed by atoms with Crippen molar-refractivity contribution in [2.45, 2.75) is 138 Å². The van der Waals surface area contributed by atoms with Gasteiger partial charge < -0.3 is 23.4 Å². The minimum absolute atomic E-state index is 0.0580. The highest BCUT2D eigenvalue weighted by molar-refractivity contribution is 7.09. The standard InChI is InChI=1S/C36H57NO6SSi/c1-23(14-16-29(43-45(12,13)34(5,6)7)24(2)21-27-22-44-26(4)37-27)20-28-15-17-30(41-28)32(38)25(3)33(39)35(8,9)31-18-19-40-36(10,11)42-31/h14-15,17,21-22,25,29,31-32,38H,16,18-20H2,1-13H3/b23-14+,24-21+/t25-,29+,31+,32-/m1/s1. The summed E-state index contributed by atoms with van der Waals surface area (Å²) >= 11 is 1.65. The molecular weight excluding hydrogens is 603 g/mol. The molecule has 9 heteroatoms. The van der Waals surface area contributed by atoms with E-state index in [0.717, 1.165) is 34.0 Å². The molecule has 2 aromatic rings. The second kappa shape index (κ2) is 14.5. The molecule has 0 bridgehead atoms. The van der Waals surface area contributed by atoms with Gasteiger partial charge >= 0.3 is 0 Å². The number of thiazole rings is 1. The maximum Gasteiger partial charge on any atom is 0.192 e. The summed E-state index contributed by atoms with van der Waals surface area (Å²) in [6, 6.07) is 3.67. The van der Waals surface area contributed by atoms with Crippen LogP contribution in [-0.2, 0) is 25.1 Å². The summed E-state index contributed by atoms with van der Waals surface area (Å²) in [5.74, 6) is -0.307. The molecule has 2 aromatic heterocycles. The minimum atomic E-state index is -2.03. The molecule has 3 rings (SSSR count). The minimum Gasteiger partial charge on any atom is -0.463 e. The molecule has 0 radical (unpaired) electrons. The molecule has 7 nitrogen and oxygen atoms in total. The number of allylic oxidation sites excluding steroid dienone is 1. The third kappa shape index (κ3) is 9.81. The first-order chi connectivity index (χ1) is 20.6. The molecule has 1 aliphatic rings. The Bertz CT molecular complexity index is 1360. The number of furan rings is 1. The Morgan fingerprint density at radius 2 is 1.89 bits per heavy atom. The quantitative estimate of drug-likeness (QED) is 0.169. The number of aliphatic hydroxyl groups is 1. The lowest BCUT2D eigenvalue weighted by molar-refractivity contribution is -0.289. The second-order valence-corrected chi connectivity index (χ2v) is 21.1. The fraction of sp³-hybridized carbons (Fsp3) is 0.667. The van der Waals surface area contributed by atoms with Gasteiger partial charge in [0.05, 0.1) is 34.9 Å². The summed E-state index contributed by atoms with van der Waals surface area (Å²) in [5.41, 5.74) is 2.50. The first-order valence-corrected chi connectivity index (χ1v) is 20.0. The zero-order valence-electron chi connectivity index (χ0n) is 29.9. The molecule has 0 aliphatic carbocycles. The van der Waals surface area contributed by atoms with Crippen molar-refractivity contribution in [2.24, 2.45) is 11.3 Å². The van der Waals surface area contributed by atoms with Crippen LogP contribution >= 0.6 is 11.3 Å². The van der Waals surface area contributed by atoms with Gasteiger partial charge in [-0.25, -0.2) is 4.98 Å². The second-order valence-electron chi connectivity index (χ2n) is 15.3. The number of aromatic nitrogens is 1. The van der Waals surface area contributed by atoms with Gasteiger partial charge in [0.1, 0.15) is 23.4 Å². The van der Waals surface area contributed by atoms with Gasteiger partial charge in [-0.1, -0.05) is 53.2 Å². The average molecular weight is 660 g/mol. The Balaban J connectivity index is 1.70. The molecule has 0 unspecified atom stereocenters. The van der Waals surface area contributed by atoms with E-state index in [0.29, 0.717) is 25.2 Å². The first-order valence-electron chi connectivity index (χ1n) is 16.2. The van der Waals surface area contributed by atoms with E-state index < -0.39 is 31.5 Å². The van der Waals surface area contributed by atoms with Crippen molar-refractivity contribution in [1.29, 1.82) is 0 Å². The summed E-state index contributed by atoms with van der Waals surface area (Å²) in [7, 11) is -2.03. The Labute approximate surface area is 276 Å². The average Bonchev–Trinajstić information content (AvgIpc) is 3.56. The van der Waals surface area contributed by atoms with E-state index >= 15 is 0 Å². The predicted molar refractivity (Wildman–Crippen MR) is 186 cm³/mol. The number of nitrogens with zero attached hydrogens (tertiary/aromatic N) is 1. The lowest BCUT2D eigenvalue weighted by atomic mass is 9.74. The van der Waals surface area contributed by atoms with E-state index in [1.807, 2.05) is 40.7 Å². The van der Waals surface area contributed by atoms with Crippen molar-refractivity contribution in [3.05, 3.63) is 57.0 Å². The van der Waals surface area contributed by atoms with Crippen LogP contribution < -0.4 is 0 Å². The zero-order chi connectivity index (χ0) is 34.0. The number of aliphatic hydroxyl groups excluding tert-OH is 1. The lowest BCUT2D eigenvalue weighted by Crippen LogP contribution is -2.50. The Morgan fingerprint density at radius 3 is 2.47 bits per heavy atom. The van der Waals surface area contributed by atoms with Gasteiger partial charge in [0.2, 0.25) is 0 Å². The normalized spacial score (nSPS) is 20.6. The monoisotopic (exact) mass is 659 g/mol. The highest BCUT2D eigenvalue weighted by Gasteiger charge is 2.46. The third-order valence-corrected chi connectivity index (χ3v) is 14.7. The number of Topliss-reactive ketones (excluding diaryl/α,β-unsaturated/α-hetero) is 1. The highest BCUT2D eigenvalue weighted by Crippen LogP contribution is 2.40. The zero-order valence-corrected chi connectivity index (χ0v) is 31.7. The molecule has 1 saturated heterocycles. The smallest absolute Gasteiger partial charge is 0.192 e. The van der Waals surface area contributed by atoms with E-state index in [9.17, 15) is 9.90 Å². The summed E-state index contributed by atoms with van der Waals surface area (Å²) in [4.78, 5) is 18.2. The number of carbonyl (C=O) groups is 1. The van der Waals surface area contributed by atoms with Crippen LogP contribution in [0.25, 0.3) is 6.08 Å². The summed E-state index contributed by atoms with van der Waals surface area (Å²) in [6.45, 7) is 27.4. The predicted octanol–water partition coefficient (Wildman–Crippen LogP) is 9.22. The van der Waals surface area contributed by atoms with E-state index in [4.69, 9.17) is 18.3 Å². The molecule has 3 heterocycles. The molecule has 4 atom stereocenters. The molecule has 1 N–H and O–H groups in total. The van der Waals surface area contributed by atoms with Crippen LogP contribution in [0.4, 0.5) is 0 Å². The number of ketones is 1. The van der Waals surface area contributed by atoms with Crippen LogP contribution in [0.1, 0.15) is 110 Å². The fourth-order valence-electron chi connectivity index (χ4n) is 5.43. The van der Waals surface area contributed by atoms with E-state index in [2.05, 4.69) is 70.2 Å². The van der Waals surface area contributed by atoms with Crippen molar-refractivity contribution < 1.29 is 28.2 Å². The summed E-state index contributed by atoms with van der Waals surface area (Å²) in [6.07, 6.45) is 4.94. The van der Waals surface area contributed by atoms with Crippen LogP contribution in [0.5, 0.6) is 0 Å². The molecule has 0 amide bonds. The van der Waals surface area contributed by atoms with E-state index in [1.165, 1.54) is 0 Å². The highest BCUT2D eigenvalue weighted by atomic mass is 32.1. The number of ether oxygens (including phenoxy) is 2. The molecular formula is C36H57NO6SSi. The molecule has 0 aromatic carbocycles. The van der Waals surface area contributed by atoms with Crippen molar-refractivity contribution >= 4 is 31.5 Å². The SMILES string of the molecule is C/C(=C\C[C@H](O[Si](C)(C)C(C)(C)C)/C(C)=C/c1csc(C)n1)Cc1ccc([C@H](O)[C@@H](C)C(=O)C(C)(C)[C@@H]2CCOC(C)(C)O2)o1. The topological polar surface area (TPSA) is 91.0 Å². The Morgan fingerprint density at radius 1 is 1.22 bits per heavy atom. The summed E-state index contributed by atoms with van der Waals surface area (Å²) < 4.78 is 24.8. The van der Waals surface area contributed by atoms with Gasteiger partial charge in [0.25, 0.3) is 0 Å². The van der Waals surface area contributed by atoms with Crippen molar-refractivity contribution in [3.63, 3.8) is 0 Å². The van der Waals surface area contributed by atoms with Crippen molar-refractivity contribution in [2.75, 3.05) is 6.61 Å². The Kier molecular flexibility index (Phi) is 12.1. The van der Waals surface area contributed by atoms with Gasteiger partial charge in [-0.05, 0) is 89.4 Å². The van der Waals surface area contributed by atoms with Crippen LogP contribution in [0, 0.1) is 18.3 Å². The fourth-order valence-corrected chi connectivity index (χ4v) is 7.34.